The summed E-state index contributed by atoms with van der Waals surface area (Å²) in [4.78, 5) is 31.6. The molecule has 2 amide bonds. The summed E-state index contributed by atoms with van der Waals surface area (Å²) in [5.41, 5.74) is -1.09. The zero-order chi connectivity index (χ0) is 17.5. The third-order valence-electron chi connectivity index (χ3n) is 4.72. The van der Waals surface area contributed by atoms with E-state index >= 15 is 0 Å². The molecule has 0 N–H and O–H groups in total. The maximum Gasteiger partial charge on any atom is 0.266 e. The largest absolute Gasteiger partial charge is 0.480 e. The number of piperidine rings is 1. The van der Waals surface area contributed by atoms with Crippen molar-refractivity contribution in [2.45, 2.75) is 18.8 Å². The molecule has 1 spiro atoms. The number of methoxy groups -OCH3 is 1. The molecule has 2 saturated heterocycles. The maximum atomic E-state index is 14.3. The fraction of sp³-hybridized carbons (Fsp3) is 0.562. The van der Waals surface area contributed by atoms with Crippen molar-refractivity contribution in [1.82, 2.24) is 14.8 Å². The van der Waals surface area contributed by atoms with E-state index in [0.29, 0.717) is 13.0 Å². The summed E-state index contributed by atoms with van der Waals surface area (Å²) in [6, 6.07) is 3.03. The van der Waals surface area contributed by atoms with Crippen LogP contribution in [0.3, 0.4) is 0 Å². The van der Waals surface area contributed by atoms with Crippen molar-refractivity contribution in [2.24, 2.45) is 5.41 Å². The van der Waals surface area contributed by atoms with E-state index in [2.05, 4.69) is 4.98 Å². The number of hydrogen-bond acceptors (Lipinski definition) is 4. The normalized spacial score (nSPS) is 26.1. The van der Waals surface area contributed by atoms with Gasteiger partial charge in [0, 0.05) is 32.8 Å². The highest BCUT2D eigenvalue weighted by Gasteiger charge is 2.57. The molecule has 3 rings (SSSR count). The standard InChI is InChI=1S/C16H19F2N3O3/c1-20-7-5-15(14(20)23)8-16(17,18)10-21(9-15)13(22)11-4-3-6-19-12(11)24-2/h3-4,6H,5,7-10H2,1-2H3. The number of aromatic nitrogens is 1. The smallest absolute Gasteiger partial charge is 0.266 e. The molecule has 1 aromatic heterocycles. The summed E-state index contributed by atoms with van der Waals surface area (Å²) >= 11 is 0. The van der Waals surface area contributed by atoms with Crippen LogP contribution in [0.5, 0.6) is 5.88 Å². The molecule has 1 unspecified atom stereocenters. The summed E-state index contributed by atoms with van der Waals surface area (Å²) in [6.45, 7) is -0.293. The van der Waals surface area contributed by atoms with Crippen molar-refractivity contribution in [3.8, 4) is 5.88 Å². The van der Waals surface area contributed by atoms with Crippen LogP contribution in [0.1, 0.15) is 23.2 Å². The Morgan fingerprint density at radius 2 is 2.12 bits per heavy atom. The van der Waals surface area contributed by atoms with Crippen LogP contribution >= 0.6 is 0 Å². The average molecular weight is 339 g/mol. The lowest BCUT2D eigenvalue weighted by molar-refractivity contribution is -0.150. The lowest BCUT2D eigenvalue weighted by atomic mass is 9.76. The fourth-order valence-corrected chi connectivity index (χ4v) is 3.64. The van der Waals surface area contributed by atoms with Gasteiger partial charge in [-0.15, -0.1) is 0 Å². The van der Waals surface area contributed by atoms with E-state index in [1.807, 2.05) is 0 Å². The summed E-state index contributed by atoms with van der Waals surface area (Å²) < 4.78 is 33.6. The van der Waals surface area contributed by atoms with Gasteiger partial charge in [-0.3, -0.25) is 9.59 Å². The Morgan fingerprint density at radius 1 is 1.38 bits per heavy atom. The van der Waals surface area contributed by atoms with Gasteiger partial charge in [-0.05, 0) is 18.6 Å². The van der Waals surface area contributed by atoms with Crippen LogP contribution in [0.2, 0.25) is 0 Å². The molecule has 0 aliphatic carbocycles. The number of hydrogen-bond donors (Lipinski definition) is 0. The maximum absolute atomic E-state index is 14.3. The molecule has 1 aromatic rings. The van der Waals surface area contributed by atoms with E-state index in [4.69, 9.17) is 4.74 Å². The third kappa shape index (κ3) is 2.70. The highest BCUT2D eigenvalue weighted by atomic mass is 19.3. The quantitative estimate of drug-likeness (QED) is 0.818. The number of carbonyl (C=O) groups excluding carboxylic acids is 2. The van der Waals surface area contributed by atoms with Crippen molar-refractivity contribution in [2.75, 3.05) is 33.8 Å². The van der Waals surface area contributed by atoms with Gasteiger partial charge in [-0.2, -0.15) is 0 Å². The average Bonchev–Trinajstić information content (AvgIpc) is 2.81. The van der Waals surface area contributed by atoms with E-state index in [0.717, 1.165) is 4.90 Å². The molecule has 130 valence electrons. The van der Waals surface area contributed by atoms with Gasteiger partial charge in [0.05, 0.1) is 19.1 Å². The second-order valence-electron chi connectivity index (χ2n) is 6.51. The molecule has 0 bridgehead atoms. The highest BCUT2D eigenvalue weighted by Crippen LogP contribution is 2.45. The van der Waals surface area contributed by atoms with Gasteiger partial charge in [-0.25, -0.2) is 13.8 Å². The summed E-state index contributed by atoms with van der Waals surface area (Å²) in [5, 5.41) is 0. The van der Waals surface area contributed by atoms with E-state index in [1.165, 1.54) is 24.3 Å². The molecule has 2 aliphatic heterocycles. The Hall–Kier alpha value is -2.25. The van der Waals surface area contributed by atoms with Gasteiger partial charge >= 0.3 is 0 Å². The fourth-order valence-electron chi connectivity index (χ4n) is 3.64. The first kappa shape index (κ1) is 16.6. The van der Waals surface area contributed by atoms with Gasteiger partial charge in [0.15, 0.2) is 0 Å². The van der Waals surface area contributed by atoms with Gasteiger partial charge in [0.25, 0.3) is 11.8 Å². The zero-order valence-corrected chi connectivity index (χ0v) is 13.6. The molecule has 8 heteroatoms. The van der Waals surface area contributed by atoms with Gasteiger partial charge in [0.2, 0.25) is 11.8 Å². The minimum atomic E-state index is -3.11. The number of carbonyl (C=O) groups is 2. The predicted octanol–water partition coefficient (Wildman–Crippen LogP) is 1.42. The molecule has 24 heavy (non-hydrogen) atoms. The van der Waals surface area contributed by atoms with Crippen LogP contribution < -0.4 is 4.74 Å². The number of pyridine rings is 1. The molecule has 2 fully saturated rings. The summed E-state index contributed by atoms with van der Waals surface area (Å²) in [7, 11) is 2.96. The Morgan fingerprint density at radius 3 is 2.75 bits per heavy atom. The number of amides is 2. The van der Waals surface area contributed by atoms with E-state index in [9.17, 15) is 18.4 Å². The summed E-state index contributed by atoms with van der Waals surface area (Å²) in [5.74, 6) is -3.94. The number of alkyl halides is 2. The molecule has 1 atom stereocenters. The molecular weight excluding hydrogens is 320 g/mol. The number of halogens is 2. The van der Waals surface area contributed by atoms with Crippen molar-refractivity contribution < 1.29 is 23.1 Å². The van der Waals surface area contributed by atoms with Crippen LogP contribution in [0.25, 0.3) is 0 Å². The van der Waals surface area contributed by atoms with Crippen LogP contribution in [-0.2, 0) is 4.79 Å². The number of nitrogens with zero attached hydrogens (tertiary/aromatic N) is 3. The lowest BCUT2D eigenvalue weighted by Gasteiger charge is -2.42. The third-order valence-corrected chi connectivity index (χ3v) is 4.72. The molecule has 0 aromatic carbocycles. The lowest BCUT2D eigenvalue weighted by Crippen LogP contribution is -2.57. The molecular formula is C16H19F2N3O3. The van der Waals surface area contributed by atoms with Crippen LogP contribution in [0, 0.1) is 5.41 Å². The van der Waals surface area contributed by atoms with Crippen molar-refractivity contribution in [3.63, 3.8) is 0 Å². The monoisotopic (exact) mass is 339 g/mol. The highest BCUT2D eigenvalue weighted by molar-refractivity contribution is 5.97. The second kappa shape index (κ2) is 5.68. The molecule has 0 saturated carbocycles. The number of likely N-dealkylation sites (tertiary alicyclic amines) is 2. The Balaban J connectivity index is 1.93. The van der Waals surface area contributed by atoms with Crippen molar-refractivity contribution in [3.05, 3.63) is 23.9 Å². The molecule has 2 aliphatic rings. The minimum absolute atomic E-state index is 0.0113. The topological polar surface area (TPSA) is 62.7 Å². The molecule has 3 heterocycles. The van der Waals surface area contributed by atoms with Crippen molar-refractivity contribution >= 4 is 11.8 Å². The van der Waals surface area contributed by atoms with Crippen LogP contribution in [0.4, 0.5) is 8.78 Å². The SMILES string of the molecule is COc1ncccc1C(=O)N1CC(F)(F)CC2(CCN(C)C2=O)C1. The first-order valence-corrected chi connectivity index (χ1v) is 7.70. The van der Waals surface area contributed by atoms with Crippen LogP contribution in [0.15, 0.2) is 18.3 Å². The Bertz CT molecular complexity index is 682. The molecule has 0 radical (unpaired) electrons. The Kier molecular flexibility index (Phi) is 3.93. The zero-order valence-electron chi connectivity index (χ0n) is 13.6. The first-order chi connectivity index (χ1) is 11.3. The number of rotatable bonds is 2. The Labute approximate surface area is 138 Å². The van der Waals surface area contributed by atoms with Crippen molar-refractivity contribution in [1.29, 1.82) is 0 Å². The van der Waals surface area contributed by atoms with E-state index < -0.39 is 30.2 Å². The first-order valence-electron chi connectivity index (χ1n) is 7.70. The second-order valence-corrected chi connectivity index (χ2v) is 6.51. The van der Waals surface area contributed by atoms with E-state index in [-0.39, 0.29) is 23.9 Å². The molecule has 6 nitrogen and oxygen atoms in total. The van der Waals surface area contributed by atoms with E-state index in [1.54, 1.807) is 13.1 Å². The number of ether oxygens (including phenoxy) is 1. The summed E-state index contributed by atoms with van der Waals surface area (Å²) in [6.07, 6.45) is 1.26. The van der Waals surface area contributed by atoms with Crippen LogP contribution in [-0.4, -0.2) is 66.3 Å². The van der Waals surface area contributed by atoms with Gasteiger partial charge < -0.3 is 14.5 Å². The van der Waals surface area contributed by atoms with Gasteiger partial charge in [0.1, 0.15) is 5.56 Å². The van der Waals surface area contributed by atoms with Gasteiger partial charge in [-0.1, -0.05) is 0 Å². The minimum Gasteiger partial charge on any atom is -0.480 e. The predicted molar refractivity (Wildman–Crippen MR) is 80.9 cm³/mol.